The van der Waals surface area contributed by atoms with Gasteiger partial charge in [-0.2, -0.15) is 5.26 Å². The van der Waals surface area contributed by atoms with Crippen LogP contribution in [0.4, 0.5) is 0 Å². The van der Waals surface area contributed by atoms with Gasteiger partial charge in [-0.15, -0.1) is 0 Å². The normalized spacial score (nSPS) is 9.93. The third-order valence-corrected chi connectivity index (χ3v) is 1.84. The van der Waals surface area contributed by atoms with Crippen molar-refractivity contribution in [2.24, 2.45) is 0 Å². The third-order valence-electron chi connectivity index (χ3n) is 1.84. The zero-order valence-electron chi connectivity index (χ0n) is 6.97. The Labute approximate surface area is 78.9 Å². The van der Waals surface area contributed by atoms with Crippen LogP contribution >= 0.6 is 0 Å². The average Bonchev–Trinajstić information content (AvgIpc) is 2.19. The van der Waals surface area contributed by atoms with Crippen molar-refractivity contribution < 1.29 is 10.2 Å². The first-order chi connectivity index (χ1) is 6.72. The van der Waals surface area contributed by atoms with E-state index in [1.165, 1.54) is 18.5 Å². The number of phenols is 2. The summed E-state index contributed by atoms with van der Waals surface area (Å²) in [6, 6.07) is 4.42. The molecule has 0 aliphatic heterocycles. The molecule has 68 valence electrons. The summed E-state index contributed by atoms with van der Waals surface area (Å²) in [7, 11) is 0. The van der Waals surface area contributed by atoms with Crippen molar-refractivity contribution in [3.8, 4) is 17.6 Å². The summed E-state index contributed by atoms with van der Waals surface area (Å²) >= 11 is 0. The second kappa shape index (κ2) is 2.85. The molecule has 0 unspecified atom stereocenters. The molecule has 1 aromatic heterocycles. The molecule has 0 spiro atoms. The van der Waals surface area contributed by atoms with Crippen molar-refractivity contribution in [2.75, 3.05) is 0 Å². The maximum absolute atomic E-state index is 9.22. The van der Waals surface area contributed by atoms with Crippen LogP contribution in [0.15, 0.2) is 18.5 Å². The maximum Gasteiger partial charge on any atom is 0.159 e. The molecule has 0 amide bonds. The van der Waals surface area contributed by atoms with Gasteiger partial charge >= 0.3 is 0 Å². The van der Waals surface area contributed by atoms with E-state index in [-0.39, 0.29) is 17.2 Å². The molecule has 2 N–H and O–H groups in total. The monoisotopic (exact) mass is 187 g/mol. The van der Waals surface area contributed by atoms with Crippen molar-refractivity contribution in [3.05, 3.63) is 24.2 Å². The lowest BCUT2D eigenvalue weighted by Gasteiger charge is -2.00. The summed E-state index contributed by atoms with van der Waals surface area (Å²) in [5, 5.41) is 27.5. The minimum atomic E-state index is -0.288. The molecule has 0 radical (unpaired) electrons. The number of fused-ring (bicyclic) bond motifs is 1. The summed E-state index contributed by atoms with van der Waals surface area (Å²) in [5.41, 5.74) is 0.595. The number of nitrogens with zero attached hydrogens (tertiary/aromatic N) is 3. The summed E-state index contributed by atoms with van der Waals surface area (Å²) in [5.74, 6) is -0.552. The third kappa shape index (κ3) is 1.10. The number of benzene rings is 1. The standard InChI is InChI=1S/C9H5N3O2/c10-3-7-5-1-8(13)9(14)2-6(5)11-4-12-7/h1-2,4,13-14H. The zero-order chi connectivity index (χ0) is 10.1. The van der Waals surface area contributed by atoms with E-state index in [4.69, 9.17) is 5.26 Å². The number of aromatic nitrogens is 2. The Hall–Kier alpha value is -2.35. The molecule has 2 rings (SSSR count). The van der Waals surface area contributed by atoms with Gasteiger partial charge in [-0.25, -0.2) is 9.97 Å². The quantitative estimate of drug-likeness (QED) is 0.598. The Balaban J connectivity index is 2.90. The lowest BCUT2D eigenvalue weighted by Crippen LogP contribution is -1.88. The molecule has 0 fully saturated rings. The molecule has 14 heavy (non-hydrogen) atoms. The summed E-state index contributed by atoms with van der Waals surface area (Å²) in [4.78, 5) is 7.59. The highest BCUT2D eigenvalue weighted by Crippen LogP contribution is 2.29. The second-order valence-electron chi connectivity index (χ2n) is 2.69. The molecule has 0 atom stereocenters. The molecule has 5 nitrogen and oxygen atoms in total. The van der Waals surface area contributed by atoms with E-state index in [9.17, 15) is 10.2 Å². The smallest absolute Gasteiger partial charge is 0.159 e. The number of nitriles is 1. The van der Waals surface area contributed by atoms with Gasteiger partial charge in [0.05, 0.1) is 5.52 Å². The second-order valence-corrected chi connectivity index (χ2v) is 2.69. The minimum Gasteiger partial charge on any atom is -0.504 e. The Bertz CT molecular complexity index is 545. The fourth-order valence-corrected chi connectivity index (χ4v) is 1.17. The highest BCUT2D eigenvalue weighted by molar-refractivity contribution is 5.85. The molecule has 1 heterocycles. The highest BCUT2D eigenvalue weighted by Gasteiger charge is 2.07. The van der Waals surface area contributed by atoms with Gasteiger partial charge in [0.1, 0.15) is 12.4 Å². The van der Waals surface area contributed by atoms with Gasteiger partial charge in [0, 0.05) is 11.5 Å². The first-order valence-electron chi connectivity index (χ1n) is 3.79. The highest BCUT2D eigenvalue weighted by atomic mass is 16.3. The van der Waals surface area contributed by atoms with Crippen molar-refractivity contribution in [3.63, 3.8) is 0 Å². The van der Waals surface area contributed by atoms with Crippen molar-refractivity contribution in [1.82, 2.24) is 9.97 Å². The van der Waals surface area contributed by atoms with Gasteiger partial charge in [0.15, 0.2) is 17.2 Å². The fraction of sp³-hybridized carbons (Fsp3) is 0. The molecule has 0 aliphatic carbocycles. The molecule has 2 aromatic rings. The van der Waals surface area contributed by atoms with E-state index in [1.807, 2.05) is 6.07 Å². The topological polar surface area (TPSA) is 90.0 Å². The summed E-state index contributed by atoms with van der Waals surface area (Å²) < 4.78 is 0. The van der Waals surface area contributed by atoms with Gasteiger partial charge in [0.2, 0.25) is 0 Å². The van der Waals surface area contributed by atoms with Crippen LogP contribution in [0, 0.1) is 11.3 Å². The number of aromatic hydroxyl groups is 2. The van der Waals surface area contributed by atoms with E-state index in [1.54, 1.807) is 0 Å². The lowest BCUT2D eigenvalue weighted by atomic mass is 10.2. The van der Waals surface area contributed by atoms with Crippen molar-refractivity contribution in [1.29, 1.82) is 5.26 Å². The largest absolute Gasteiger partial charge is 0.504 e. The Morgan fingerprint density at radius 3 is 2.57 bits per heavy atom. The van der Waals surface area contributed by atoms with E-state index in [2.05, 4.69) is 9.97 Å². The molecule has 5 heteroatoms. The Kier molecular flexibility index (Phi) is 1.68. The van der Waals surface area contributed by atoms with E-state index >= 15 is 0 Å². The lowest BCUT2D eigenvalue weighted by molar-refractivity contribution is 0.405. The Morgan fingerprint density at radius 1 is 1.14 bits per heavy atom. The van der Waals surface area contributed by atoms with Crippen LogP contribution in [-0.2, 0) is 0 Å². The number of rotatable bonds is 0. The number of phenolic OH excluding ortho intramolecular Hbond substituents is 2. The van der Waals surface area contributed by atoms with Crippen molar-refractivity contribution >= 4 is 10.9 Å². The Morgan fingerprint density at radius 2 is 1.86 bits per heavy atom. The van der Waals surface area contributed by atoms with Crippen molar-refractivity contribution in [2.45, 2.75) is 0 Å². The molecular weight excluding hydrogens is 182 g/mol. The first-order valence-corrected chi connectivity index (χ1v) is 3.79. The molecule has 1 aromatic carbocycles. The first kappa shape index (κ1) is 8.26. The van der Waals surface area contributed by atoms with Crippen LogP contribution in [0.3, 0.4) is 0 Å². The average molecular weight is 187 g/mol. The fourth-order valence-electron chi connectivity index (χ4n) is 1.17. The minimum absolute atomic E-state index is 0.172. The van der Waals surface area contributed by atoms with E-state index < -0.39 is 0 Å². The summed E-state index contributed by atoms with van der Waals surface area (Å²) in [6.45, 7) is 0. The predicted octanol–water partition coefficient (Wildman–Crippen LogP) is 0.913. The van der Waals surface area contributed by atoms with Crippen LogP contribution in [0.2, 0.25) is 0 Å². The van der Waals surface area contributed by atoms with E-state index in [0.717, 1.165) is 0 Å². The maximum atomic E-state index is 9.22. The SMILES string of the molecule is N#Cc1ncnc2cc(O)c(O)cc12. The van der Waals surface area contributed by atoms with Gasteiger partial charge < -0.3 is 10.2 Å². The van der Waals surface area contributed by atoms with Gasteiger partial charge in [-0.05, 0) is 6.07 Å². The van der Waals surface area contributed by atoms with Crippen LogP contribution in [-0.4, -0.2) is 20.2 Å². The molecule has 0 saturated heterocycles. The van der Waals surface area contributed by atoms with Gasteiger partial charge in [0.25, 0.3) is 0 Å². The molecular formula is C9H5N3O2. The summed E-state index contributed by atoms with van der Waals surface area (Å²) in [6.07, 6.45) is 1.23. The van der Waals surface area contributed by atoms with Gasteiger partial charge in [-0.1, -0.05) is 0 Å². The molecule has 0 aliphatic rings. The zero-order valence-corrected chi connectivity index (χ0v) is 6.97. The van der Waals surface area contributed by atoms with Crippen LogP contribution in [0.1, 0.15) is 5.69 Å². The van der Waals surface area contributed by atoms with Crippen LogP contribution < -0.4 is 0 Å². The number of hydrogen-bond donors (Lipinski definition) is 2. The predicted molar refractivity (Wildman–Crippen MR) is 47.6 cm³/mol. The molecule has 0 saturated carbocycles. The molecule has 0 bridgehead atoms. The number of hydrogen-bond acceptors (Lipinski definition) is 5. The van der Waals surface area contributed by atoms with E-state index in [0.29, 0.717) is 10.9 Å². The van der Waals surface area contributed by atoms with Crippen LogP contribution in [0.5, 0.6) is 11.5 Å². The van der Waals surface area contributed by atoms with Gasteiger partial charge in [-0.3, -0.25) is 0 Å². The van der Waals surface area contributed by atoms with Crippen LogP contribution in [0.25, 0.3) is 10.9 Å².